The number of guanidine groups is 1. The predicted octanol–water partition coefficient (Wildman–Crippen LogP) is 3.68. The van der Waals surface area contributed by atoms with Crippen molar-refractivity contribution in [3.63, 3.8) is 0 Å². The highest BCUT2D eigenvalue weighted by molar-refractivity contribution is 6.39. The van der Waals surface area contributed by atoms with E-state index in [0.717, 1.165) is 0 Å². The first-order valence-electron chi connectivity index (χ1n) is 11.3. The first-order valence-corrected chi connectivity index (χ1v) is 12.0. The van der Waals surface area contributed by atoms with Crippen molar-refractivity contribution in [2.45, 2.75) is 13.5 Å². The second-order valence-corrected chi connectivity index (χ2v) is 8.85. The summed E-state index contributed by atoms with van der Waals surface area (Å²) in [5, 5.41) is 13.1. The van der Waals surface area contributed by atoms with Crippen LogP contribution in [0.3, 0.4) is 0 Å². The molecule has 0 atom stereocenters. The fourth-order valence-electron chi connectivity index (χ4n) is 3.52. The highest BCUT2D eigenvalue weighted by Gasteiger charge is 2.22. The molecule has 0 radical (unpaired) electrons. The van der Waals surface area contributed by atoms with E-state index in [1.165, 1.54) is 0 Å². The number of benzene rings is 2. The maximum absolute atomic E-state index is 12.9. The number of aliphatic imine (C=N–C) groups is 1. The smallest absolute Gasteiger partial charge is 0.286 e. The van der Waals surface area contributed by atoms with Gasteiger partial charge in [0.15, 0.2) is 5.96 Å². The van der Waals surface area contributed by atoms with E-state index in [-0.39, 0.29) is 40.6 Å². The molecule has 5 N–H and O–H groups in total. The van der Waals surface area contributed by atoms with Gasteiger partial charge >= 0.3 is 0 Å². The van der Waals surface area contributed by atoms with E-state index in [2.05, 4.69) is 26.1 Å². The first kappa shape index (κ1) is 26.2. The van der Waals surface area contributed by atoms with Gasteiger partial charge in [0, 0.05) is 18.7 Å². The lowest BCUT2D eigenvalue weighted by Crippen LogP contribution is -2.32. The van der Waals surface area contributed by atoms with Gasteiger partial charge in [-0.15, -0.1) is 0 Å². The van der Waals surface area contributed by atoms with Crippen LogP contribution in [0.25, 0.3) is 11.3 Å². The Morgan fingerprint density at radius 2 is 1.76 bits per heavy atom. The Balaban J connectivity index is 1.62. The van der Waals surface area contributed by atoms with Crippen LogP contribution in [0.4, 0.5) is 5.69 Å². The standard InChI is InChI=1S/C25H24Cl2N6O4/c1-14-21-22(33-37-14)16-4-6-17(7-5-16)36-9-3-2-8-29-13-20(34)31-23-18(26)10-15(11-19(23)27)12-30-25(28)32-24(21)35/h2-7,10-11,29H,8-9,12-13H2,1H3,(H,31,34)(H3,28,30,32,35). The maximum Gasteiger partial charge on any atom is 0.286 e. The zero-order valence-corrected chi connectivity index (χ0v) is 21.3. The minimum absolute atomic E-state index is 0.0627. The van der Waals surface area contributed by atoms with E-state index >= 15 is 0 Å². The number of aryl methyl sites for hydroxylation is 1. The number of nitrogens with zero attached hydrogens (tertiary/aromatic N) is 2. The summed E-state index contributed by atoms with van der Waals surface area (Å²) in [7, 11) is 0. The molecule has 192 valence electrons. The minimum atomic E-state index is -0.610. The number of nitrogens with two attached hydrogens (primary N) is 1. The van der Waals surface area contributed by atoms with Gasteiger partial charge in [-0.25, -0.2) is 0 Å². The van der Waals surface area contributed by atoms with Gasteiger partial charge in [0.1, 0.15) is 29.4 Å². The van der Waals surface area contributed by atoms with E-state index in [4.69, 9.17) is 38.2 Å². The number of amides is 2. The van der Waals surface area contributed by atoms with Gasteiger partial charge < -0.3 is 30.9 Å². The van der Waals surface area contributed by atoms with Crippen molar-refractivity contribution < 1.29 is 18.8 Å². The number of anilines is 1. The van der Waals surface area contributed by atoms with Crippen LogP contribution in [0.2, 0.25) is 10.0 Å². The number of hydrogen-bond donors (Lipinski definition) is 4. The van der Waals surface area contributed by atoms with Crippen LogP contribution in [0.1, 0.15) is 21.7 Å². The second-order valence-electron chi connectivity index (χ2n) is 8.04. The van der Waals surface area contributed by atoms with Gasteiger partial charge in [0.05, 0.1) is 22.3 Å². The molecule has 12 heteroatoms. The molecule has 4 bridgehead atoms. The lowest BCUT2D eigenvalue weighted by molar-refractivity contribution is -0.115. The Bertz CT molecular complexity index is 1340. The molecule has 0 saturated carbocycles. The van der Waals surface area contributed by atoms with Gasteiger partial charge in [0.2, 0.25) is 5.91 Å². The Kier molecular flexibility index (Phi) is 8.44. The predicted molar refractivity (Wildman–Crippen MR) is 142 cm³/mol. The van der Waals surface area contributed by atoms with Crippen molar-refractivity contribution in [2.75, 3.05) is 25.0 Å². The molecule has 2 aromatic carbocycles. The van der Waals surface area contributed by atoms with Crippen molar-refractivity contribution in [1.82, 2.24) is 15.8 Å². The van der Waals surface area contributed by atoms with E-state index < -0.39 is 5.91 Å². The Morgan fingerprint density at radius 1 is 1.03 bits per heavy atom. The fourth-order valence-corrected chi connectivity index (χ4v) is 4.15. The molecular weight excluding hydrogens is 519 g/mol. The van der Waals surface area contributed by atoms with Crippen molar-refractivity contribution in [1.29, 1.82) is 0 Å². The summed E-state index contributed by atoms with van der Waals surface area (Å²) in [6.45, 7) is 2.67. The number of ether oxygens (including phenoxy) is 1. The van der Waals surface area contributed by atoms with Crippen molar-refractivity contribution in [3.8, 4) is 17.0 Å². The van der Waals surface area contributed by atoms with Crippen LogP contribution in [-0.4, -0.2) is 42.6 Å². The fraction of sp³-hybridized carbons (Fsp3) is 0.200. The molecule has 0 fully saturated rings. The Morgan fingerprint density at radius 3 is 2.49 bits per heavy atom. The molecule has 0 spiro atoms. The summed E-state index contributed by atoms with van der Waals surface area (Å²) in [5.41, 5.74) is 8.14. The van der Waals surface area contributed by atoms with E-state index in [9.17, 15) is 9.59 Å². The molecule has 5 heterocycles. The average molecular weight is 543 g/mol. The van der Waals surface area contributed by atoms with Crippen LogP contribution >= 0.6 is 23.2 Å². The van der Waals surface area contributed by atoms with E-state index in [1.54, 1.807) is 43.3 Å². The van der Waals surface area contributed by atoms with E-state index in [1.807, 2.05) is 12.2 Å². The number of rotatable bonds is 0. The monoisotopic (exact) mass is 542 g/mol. The lowest BCUT2D eigenvalue weighted by atomic mass is 10.1. The molecule has 4 aliphatic heterocycles. The minimum Gasteiger partial charge on any atom is -0.490 e. The zero-order valence-electron chi connectivity index (χ0n) is 19.8. The number of hydrogen-bond acceptors (Lipinski definition) is 8. The summed E-state index contributed by atoms with van der Waals surface area (Å²) in [6, 6.07) is 10.3. The summed E-state index contributed by atoms with van der Waals surface area (Å²) in [5.74, 6) is -0.0745. The second kappa shape index (κ2) is 11.9. The van der Waals surface area contributed by atoms with Gasteiger partial charge in [-0.3, -0.25) is 9.59 Å². The van der Waals surface area contributed by atoms with Crippen LogP contribution in [0, 0.1) is 6.92 Å². The molecule has 37 heavy (non-hydrogen) atoms. The quantitative estimate of drug-likeness (QED) is 0.315. The third kappa shape index (κ3) is 6.67. The molecule has 2 amide bonds. The van der Waals surface area contributed by atoms with E-state index in [0.29, 0.717) is 47.2 Å². The van der Waals surface area contributed by atoms with Gasteiger partial charge in [-0.2, -0.15) is 4.99 Å². The number of carbonyl (C=O) groups is 2. The van der Waals surface area contributed by atoms with Gasteiger partial charge in [0.25, 0.3) is 5.91 Å². The Hall–Kier alpha value is -3.86. The van der Waals surface area contributed by atoms with Crippen LogP contribution < -0.4 is 26.4 Å². The normalized spacial score (nSPS) is 16.7. The van der Waals surface area contributed by atoms with Gasteiger partial charge in [-0.05, 0) is 48.9 Å². The van der Waals surface area contributed by atoms with Crippen LogP contribution in [0.5, 0.6) is 5.75 Å². The Labute approximate surface area is 222 Å². The SMILES string of the molecule is Cc1onc2c1C(=O)/N=C(\N)NCc1cc(Cl)c(c(Cl)c1)NC(=O)CNCC=CCOc1ccc-2cc1. The molecule has 0 aliphatic carbocycles. The third-order valence-corrected chi connectivity index (χ3v) is 5.92. The molecule has 10 nitrogen and oxygen atoms in total. The molecular formula is C25H24Cl2N6O4. The summed E-state index contributed by atoms with van der Waals surface area (Å²) >= 11 is 12.7. The number of nitrogens with one attached hydrogen (secondary N) is 3. The largest absolute Gasteiger partial charge is 0.490 e. The summed E-state index contributed by atoms with van der Waals surface area (Å²) in [4.78, 5) is 29.2. The van der Waals surface area contributed by atoms with Crippen molar-refractivity contribution in [2.24, 2.45) is 10.7 Å². The zero-order chi connectivity index (χ0) is 26.4. The highest BCUT2D eigenvalue weighted by Crippen LogP contribution is 2.32. The average Bonchev–Trinajstić information content (AvgIpc) is 3.25. The van der Waals surface area contributed by atoms with Gasteiger partial charge in [-0.1, -0.05) is 40.5 Å². The molecule has 3 aromatic rings. The van der Waals surface area contributed by atoms with Crippen LogP contribution in [0.15, 0.2) is 58.1 Å². The molecule has 1 aromatic heterocycles. The summed E-state index contributed by atoms with van der Waals surface area (Å²) in [6.07, 6.45) is 3.68. The first-order chi connectivity index (χ1) is 17.8. The topological polar surface area (TPSA) is 144 Å². The number of halogens is 2. The third-order valence-electron chi connectivity index (χ3n) is 5.33. The van der Waals surface area contributed by atoms with Crippen molar-refractivity contribution in [3.05, 3.63) is 75.5 Å². The number of carbonyl (C=O) groups excluding carboxylic acids is 2. The molecule has 0 unspecified atom stereocenters. The lowest BCUT2D eigenvalue weighted by Gasteiger charge is -2.12. The molecule has 4 aliphatic rings. The van der Waals surface area contributed by atoms with Crippen LogP contribution in [-0.2, 0) is 11.3 Å². The maximum atomic E-state index is 12.9. The summed E-state index contributed by atoms with van der Waals surface area (Å²) < 4.78 is 11.0. The molecule has 7 rings (SSSR count). The van der Waals surface area contributed by atoms with Crippen molar-refractivity contribution >= 4 is 46.7 Å². The highest BCUT2D eigenvalue weighted by atomic mass is 35.5. The number of aromatic nitrogens is 1. The molecule has 0 saturated heterocycles.